The van der Waals surface area contributed by atoms with Gasteiger partial charge in [0.05, 0.1) is 13.2 Å². The Labute approximate surface area is 160 Å². The van der Waals surface area contributed by atoms with Crippen molar-refractivity contribution >= 4 is 40.9 Å². The predicted molar refractivity (Wildman–Crippen MR) is 102 cm³/mol. The minimum atomic E-state index is -0.521. The molecule has 0 fully saturated rings. The number of hydrogen-bond donors (Lipinski definition) is 2. The highest BCUT2D eigenvalue weighted by Crippen LogP contribution is 2.24. The Balaban J connectivity index is 2.59. The summed E-state index contributed by atoms with van der Waals surface area (Å²) in [7, 11) is 0. The lowest BCUT2D eigenvalue weighted by Gasteiger charge is -2.23. The summed E-state index contributed by atoms with van der Waals surface area (Å²) < 4.78 is 1.19. The van der Waals surface area contributed by atoms with Crippen LogP contribution in [0, 0.1) is 0 Å². The molecule has 0 saturated carbocycles. The lowest BCUT2D eigenvalue weighted by atomic mass is 10.1. The highest BCUT2D eigenvalue weighted by molar-refractivity contribution is 6.36. The Morgan fingerprint density at radius 3 is 2.38 bits per heavy atom. The first kappa shape index (κ1) is 20.2. The summed E-state index contributed by atoms with van der Waals surface area (Å²) in [5.74, 6) is -0.521. The molecule has 8 heteroatoms. The lowest BCUT2D eigenvalue weighted by molar-refractivity contribution is -0.126. The third-order valence-electron chi connectivity index (χ3n) is 3.58. The fourth-order valence-electron chi connectivity index (χ4n) is 2.34. The van der Waals surface area contributed by atoms with E-state index < -0.39 is 11.5 Å². The Hall–Kier alpha value is -2.12. The Morgan fingerprint density at radius 2 is 1.81 bits per heavy atom. The van der Waals surface area contributed by atoms with Crippen LogP contribution in [0.25, 0.3) is 11.8 Å². The molecule has 26 heavy (non-hydrogen) atoms. The van der Waals surface area contributed by atoms with Crippen molar-refractivity contribution in [2.24, 2.45) is 0 Å². The number of pyridine rings is 1. The van der Waals surface area contributed by atoms with E-state index in [0.29, 0.717) is 15.6 Å². The summed E-state index contributed by atoms with van der Waals surface area (Å²) >= 11 is 12.1. The van der Waals surface area contributed by atoms with Crippen molar-refractivity contribution in [1.29, 1.82) is 0 Å². The minimum Gasteiger partial charge on any atom is -0.395 e. The third kappa shape index (κ3) is 4.95. The molecule has 1 aromatic heterocycles. The monoisotopic (exact) mass is 396 g/mol. The van der Waals surface area contributed by atoms with Crippen molar-refractivity contribution in [1.82, 2.24) is 9.47 Å². The van der Waals surface area contributed by atoms with E-state index in [2.05, 4.69) is 0 Å². The van der Waals surface area contributed by atoms with Gasteiger partial charge in [0.2, 0.25) is 0 Å². The molecule has 0 aliphatic carbocycles. The number of aliphatic hydroxyl groups is 2. The van der Waals surface area contributed by atoms with Crippen LogP contribution in [0.2, 0.25) is 10.0 Å². The van der Waals surface area contributed by atoms with Crippen LogP contribution in [0.4, 0.5) is 0 Å². The van der Waals surface area contributed by atoms with Gasteiger partial charge in [0.15, 0.2) is 0 Å². The summed E-state index contributed by atoms with van der Waals surface area (Å²) in [6, 6.07) is 9.30. The molecule has 1 aromatic carbocycles. The average molecular weight is 397 g/mol. The number of carbonyl (C=O) groups excluding carboxylic acids is 1. The molecule has 0 bridgehead atoms. The maximum absolute atomic E-state index is 13.0. The average Bonchev–Trinajstić information content (AvgIpc) is 2.61. The molecular formula is C18H18Cl2N2O4. The van der Waals surface area contributed by atoms with Gasteiger partial charge in [0.25, 0.3) is 11.5 Å². The SMILES string of the molecule is O=C(/C(=C\c1ccc(Cl)cc1Cl)n1ccccc1=O)N(CCO)CCO. The zero-order chi connectivity index (χ0) is 19.1. The number of amides is 1. The largest absolute Gasteiger partial charge is 0.395 e. The maximum Gasteiger partial charge on any atom is 0.271 e. The van der Waals surface area contributed by atoms with Crippen molar-refractivity contribution < 1.29 is 15.0 Å². The minimum absolute atomic E-state index is 0.0205. The van der Waals surface area contributed by atoms with Gasteiger partial charge >= 0.3 is 0 Å². The second-order valence-corrected chi connectivity index (χ2v) is 6.19. The van der Waals surface area contributed by atoms with Crippen LogP contribution in [0.15, 0.2) is 47.4 Å². The second kappa shape index (κ2) is 9.54. The molecular weight excluding hydrogens is 379 g/mol. The van der Waals surface area contributed by atoms with Gasteiger partial charge in [-0.1, -0.05) is 35.3 Å². The van der Waals surface area contributed by atoms with Crippen molar-refractivity contribution in [2.75, 3.05) is 26.3 Å². The van der Waals surface area contributed by atoms with Crippen LogP contribution in [0.1, 0.15) is 5.56 Å². The first-order valence-corrected chi connectivity index (χ1v) is 8.59. The Morgan fingerprint density at radius 1 is 1.12 bits per heavy atom. The molecule has 1 amide bonds. The summed E-state index contributed by atoms with van der Waals surface area (Å²) in [6.07, 6.45) is 2.94. The normalized spacial score (nSPS) is 11.5. The smallest absolute Gasteiger partial charge is 0.271 e. The molecule has 0 saturated heterocycles. The quantitative estimate of drug-likeness (QED) is 0.700. The summed E-state index contributed by atoms with van der Waals surface area (Å²) in [6.45, 7) is -0.506. The molecule has 1 heterocycles. The van der Waals surface area contributed by atoms with E-state index in [-0.39, 0.29) is 32.0 Å². The fraction of sp³-hybridized carbons (Fsp3) is 0.222. The van der Waals surface area contributed by atoms with Gasteiger partial charge in [0, 0.05) is 35.4 Å². The van der Waals surface area contributed by atoms with Gasteiger partial charge in [-0.25, -0.2) is 0 Å². The maximum atomic E-state index is 13.0. The number of carbonyl (C=O) groups is 1. The second-order valence-electron chi connectivity index (χ2n) is 5.34. The molecule has 138 valence electrons. The highest BCUT2D eigenvalue weighted by Gasteiger charge is 2.20. The number of hydrogen-bond acceptors (Lipinski definition) is 4. The van der Waals surface area contributed by atoms with Gasteiger partial charge < -0.3 is 15.1 Å². The van der Waals surface area contributed by atoms with E-state index in [4.69, 9.17) is 23.2 Å². The summed E-state index contributed by atoms with van der Waals surface area (Å²) in [5.41, 5.74) is 0.148. The zero-order valence-corrected chi connectivity index (χ0v) is 15.3. The van der Waals surface area contributed by atoms with Crippen LogP contribution in [-0.4, -0.2) is 51.9 Å². The van der Waals surface area contributed by atoms with Crippen molar-refractivity contribution in [3.8, 4) is 0 Å². The van der Waals surface area contributed by atoms with Crippen LogP contribution in [-0.2, 0) is 4.79 Å². The molecule has 0 atom stereocenters. The number of rotatable bonds is 7. The molecule has 0 radical (unpaired) electrons. The number of halogens is 2. The van der Waals surface area contributed by atoms with E-state index in [1.165, 1.54) is 33.9 Å². The standard InChI is InChI=1S/C18H18Cl2N2O4/c19-14-5-4-13(15(20)12-14)11-16(22-6-2-1-3-17(22)25)18(26)21(7-9-23)8-10-24/h1-6,11-12,23-24H,7-10H2/b16-11+. The number of benzene rings is 1. The zero-order valence-electron chi connectivity index (χ0n) is 13.8. The lowest BCUT2D eigenvalue weighted by Crippen LogP contribution is -2.38. The third-order valence-corrected chi connectivity index (χ3v) is 4.15. The number of aromatic nitrogens is 1. The predicted octanol–water partition coefficient (Wildman–Crippen LogP) is 1.97. The van der Waals surface area contributed by atoms with Crippen molar-refractivity contribution in [3.63, 3.8) is 0 Å². The van der Waals surface area contributed by atoms with Crippen molar-refractivity contribution in [3.05, 3.63) is 68.6 Å². The van der Waals surface area contributed by atoms with Gasteiger partial charge in [0.1, 0.15) is 5.70 Å². The van der Waals surface area contributed by atoms with Gasteiger partial charge in [-0.2, -0.15) is 0 Å². The highest BCUT2D eigenvalue weighted by atomic mass is 35.5. The van der Waals surface area contributed by atoms with E-state index in [9.17, 15) is 19.8 Å². The van der Waals surface area contributed by atoms with Crippen LogP contribution in [0.5, 0.6) is 0 Å². The first-order chi connectivity index (χ1) is 12.5. The van der Waals surface area contributed by atoms with Gasteiger partial charge in [-0.15, -0.1) is 0 Å². The van der Waals surface area contributed by atoms with Crippen molar-refractivity contribution in [2.45, 2.75) is 0 Å². The first-order valence-electron chi connectivity index (χ1n) is 7.83. The Kier molecular flexibility index (Phi) is 7.41. The molecule has 0 aliphatic rings. The van der Waals surface area contributed by atoms with Crippen LogP contribution in [0.3, 0.4) is 0 Å². The number of nitrogens with zero attached hydrogens (tertiary/aromatic N) is 2. The van der Waals surface area contributed by atoms with Gasteiger partial charge in [-0.3, -0.25) is 14.2 Å². The van der Waals surface area contributed by atoms with E-state index in [1.807, 2.05) is 0 Å². The summed E-state index contributed by atoms with van der Waals surface area (Å²) in [5, 5.41) is 19.1. The molecule has 2 N–H and O–H groups in total. The summed E-state index contributed by atoms with van der Waals surface area (Å²) in [4.78, 5) is 26.5. The van der Waals surface area contributed by atoms with E-state index in [0.717, 1.165) is 0 Å². The van der Waals surface area contributed by atoms with Crippen LogP contribution >= 0.6 is 23.2 Å². The fourth-order valence-corrected chi connectivity index (χ4v) is 2.81. The molecule has 6 nitrogen and oxygen atoms in total. The van der Waals surface area contributed by atoms with Crippen LogP contribution < -0.4 is 5.56 Å². The molecule has 0 aliphatic heterocycles. The Bertz CT molecular complexity index is 858. The molecule has 0 unspecified atom stereocenters. The topological polar surface area (TPSA) is 82.8 Å². The molecule has 0 spiro atoms. The molecule has 2 rings (SSSR count). The van der Waals surface area contributed by atoms with E-state index >= 15 is 0 Å². The van der Waals surface area contributed by atoms with E-state index in [1.54, 1.807) is 24.3 Å². The number of aliphatic hydroxyl groups excluding tert-OH is 2. The molecule has 2 aromatic rings. The van der Waals surface area contributed by atoms with Gasteiger partial charge in [-0.05, 0) is 29.8 Å².